The van der Waals surface area contributed by atoms with Crippen molar-refractivity contribution in [1.29, 1.82) is 0 Å². The van der Waals surface area contributed by atoms with Gasteiger partial charge in [0.2, 0.25) is 0 Å². The lowest BCUT2D eigenvalue weighted by Gasteiger charge is -2.44. The maximum absolute atomic E-state index is 12.9. The summed E-state index contributed by atoms with van der Waals surface area (Å²) >= 11 is 0. The summed E-state index contributed by atoms with van der Waals surface area (Å²) in [5.74, 6) is 2.23. The Balaban J connectivity index is 1.44. The number of piperidine rings is 1. The van der Waals surface area contributed by atoms with E-state index < -0.39 is 0 Å². The number of amides is 1. The Morgan fingerprint density at radius 1 is 1.00 bits per heavy atom. The maximum Gasteiger partial charge on any atom is 0.253 e. The molecule has 2 aromatic rings. The topological polar surface area (TPSA) is 48.0 Å². The van der Waals surface area contributed by atoms with Crippen molar-refractivity contribution in [2.24, 2.45) is 0 Å². The number of benzene rings is 2. The van der Waals surface area contributed by atoms with Gasteiger partial charge in [0.1, 0.15) is 11.4 Å². The molecule has 4 rings (SSSR count). The Morgan fingerprint density at radius 2 is 1.74 bits per heavy atom. The number of methoxy groups -OCH3 is 2. The van der Waals surface area contributed by atoms with Crippen LogP contribution in [0.15, 0.2) is 42.5 Å². The molecule has 0 saturated carbocycles. The Morgan fingerprint density at radius 3 is 2.48 bits per heavy atom. The molecule has 27 heavy (non-hydrogen) atoms. The third-order valence-electron chi connectivity index (χ3n) is 5.74. The van der Waals surface area contributed by atoms with Crippen LogP contribution in [0.4, 0.5) is 0 Å². The monoisotopic (exact) mass is 367 g/mol. The van der Waals surface area contributed by atoms with E-state index in [0.717, 1.165) is 31.4 Å². The molecular formula is C22H25NO4. The molecule has 2 aromatic carbocycles. The lowest BCUT2D eigenvalue weighted by molar-refractivity contribution is -0.0107. The van der Waals surface area contributed by atoms with Gasteiger partial charge in [-0.1, -0.05) is 18.2 Å². The summed E-state index contributed by atoms with van der Waals surface area (Å²) in [6, 6.07) is 13.6. The van der Waals surface area contributed by atoms with Crippen LogP contribution in [-0.4, -0.2) is 43.7 Å². The van der Waals surface area contributed by atoms with E-state index in [9.17, 15) is 4.79 Å². The minimum Gasteiger partial charge on any atom is -0.493 e. The van der Waals surface area contributed by atoms with Crippen molar-refractivity contribution in [3.8, 4) is 17.2 Å². The van der Waals surface area contributed by atoms with E-state index in [0.29, 0.717) is 30.2 Å². The predicted molar refractivity (Wildman–Crippen MR) is 103 cm³/mol. The number of hydrogen-bond acceptors (Lipinski definition) is 4. The molecule has 1 spiro atoms. The van der Waals surface area contributed by atoms with Gasteiger partial charge in [-0.25, -0.2) is 0 Å². The van der Waals surface area contributed by atoms with E-state index in [1.165, 1.54) is 5.56 Å². The molecule has 1 saturated heterocycles. The molecule has 1 fully saturated rings. The van der Waals surface area contributed by atoms with Crippen LogP contribution in [0, 0.1) is 0 Å². The number of aryl methyl sites for hydroxylation is 1. The van der Waals surface area contributed by atoms with E-state index in [1.54, 1.807) is 32.4 Å². The van der Waals surface area contributed by atoms with Gasteiger partial charge < -0.3 is 19.1 Å². The molecular weight excluding hydrogens is 342 g/mol. The number of ether oxygens (including phenoxy) is 3. The summed E-state index contributed by atoms with van der Waals surface area (Å²) in [4.78, 5) is 14.8. The van der Waals surface area contributed by atoms with E-state index in [4.69, 9.17) is 14.2 Å². The number of para-hydroxylation sites is 1. The first-order valence-electron chi connectivity index (χ1n) is 9.42. The van der Waals surface area contributed by atoms with Gasteiger partial charge in [0.05, 0.1) is 14.2 Å². The molecule has 0 aliphatic carbocycles. The minimum absolute atomic E-state index is 0.0296. The Labute approximate surface area is 159 Å². The number of nitrogens with zero attached hydrogens (tertiary/aromatic N) is 1. The van der Waals surface area contributed by atoms with Crippen LogP contribution < -0.4 is 14.2 Å². The first-order chi connectivity index (χ1) is 13.1. The van der Waals surface area contributed by atoms with E-state index in [2.05, 4.69) is 18.2 Å². The van der Waals surface area contributed by atoms with Gasteiger partial charge in [0.15, 0.2) is 11.5 Å². The van der Waals surface area contributed by atoms with Crippen molar-refractivity contribution in [2.45, 2.75) is 31.3 Å². The van der Waals surface area contributed by atoms with Crippen molar-refractivity contribution in [3.05, 3.63) is 53.6 Å². The number of carbonyl (C=O) groups is 1. The van der Waals surface area contributed by atoms with Crippen LogP contribution in [0.25, 0.3) is 0 Å². The highest BCUT2D eigenvalue weighted by molar-refractivity contribution is 5.95. The molecule has 0 unspecified atom stereocenters. The minimum atomic E-state index is -0.136. The highest BCUT2D eigenvalue weighted by atomic mass is 16.5. The first-order valence-corrected chi connectivity index (χ1v) is 9.42. The number of rotatable bonds is 3. The summed E-state index contributed by atoms with van der Waals surface area (Å²) in [6.45, 7) is 1.41. The van der Waals surface area contributed by atoms with E-state index in [1.807, 2.05) is 11.0 Å². The molecule has 5 heteroatoms. The second kappa shape index (κ2) is 7.14. The summed E-state index contributed by atoms with van der Waals surface area (Å²) < 4.78 is 17.0. The highest BCUT2D eigenvalue weighted by Gasteiger charge is 2.40. The van der Waals surface area contributed by atoms with Crippen molar-refractivity contribution < 1.29 is 19.0 Å². The molecule has 0 atom stereocenters. The zero-order valence-corrected chi connectivity index (χ0v) is 15.9. The third kappa shape index (κ3) is 3.34. The van der Waals surface area contributed by atoms with Gasteiger partial charge in [-0.05, 0) is 42.7 Å². The zero-order valence-electron chi connectivity index (χ0n) is 15.9. The summed E-state index contributed by atoms with van der Waals surface area (Å²) in [6.07, 6.45) is 3.78. The second-order valence-electron chi connectivity index (χ2n) is 7.25. The Bertz CT molecular complexity index is 840. The molecule has 0 N–H and O–H groups in total. The van der Waals surface area contributed by atoms with Crippen LogP contribution in [0.3, 0.4) is 0 Å². The van der Waals surface area contributed by atoms with Gasteiger partial charge in [0, 0.05) is 31.5 Å². The van der Waals surface area contributed by atoms with Gasteiger partial charge in [-0.2, -0.15) is 0 Å². The molecule has 2 aliphatic rings. The number of fused-ring (bicyclic) bond motifs is 1. The molecule has 0 bridgehead atoms. The van der Waals surface area contributed by atoms with Crippen LogP contribution >= 0.6 is 0 Å². The van der Waals surface area contributed by atoms with Gasteiger partial charge in [0.25, 0.3) is 5.91 Å². The SMILES string of the molecule is COc1ccc(C(=O)N2CCC3(CCc4ccccc4O3)CC2)cc1OC. The quantitative estimate of drug-likeness (QED) is 0.830. The molecule has 142 valence electrons. The smallest absolute Gasteiger partial charge is 0.253 e. The number of carbonyl (C=O) groups excluding carboxylic acids is 1. The fourth-order valence-electron chi connectivity index (χ4n) is 4.08. The predicted octanol–water partition coefficient (Wildman–Crippen LogP) is 3.70. The standard InChI is InChI=1S/C22H25NO4/c1-25-19-8-7-17(15-20(19)26-2)21(24)23-13-11-22(12-14-23)10-9-16-5-3-4-6-18(16)27-22/h3-8,15H,9-14H2,1-2H3. The third-order valence-corrected chi connectivity index (χ3v) is 5.74. The van der Waals surface area contributed by atoms with E-state index in [-0.39, 0.29) is 11.5 Å². The van der Waals surface area contributed by atoms with Crippen molar-refractivity contribution in [2.75, 3.05) is 27.3 Å². The summed E-state index contributed by atoms with van der Waals surface area (Å²) in [7, 11) is 3.17. The molecule has 0 aromatic heterocycles. The van der Waals surface area contributed by atoms with Crippen LogP contribution in [0.2, 0.25) is 0 Å². The molecule has 2 aliphatic heterocycles. The molecule has 0 radical (unpaired) electrons. The van der Waals surface area contributed by atoms with Crippen molar-refractivity contribution >= 4 is 5.91 Å². The maximum atomic E-state index is 12.9. The number of hydrogen-bond donors (Lipinski definition) is 0. The lowest BCUT2D eigenvalue weighted by Crippen LogP contribution is -2.51. The van der Waals surface area contributed by atoms with Crippen LogP contribution in [0.5, 0.6) is 17.2 Å². The Hall–Kier alpha value is -2.69. The first kappa shape index (κ1) is 17.7. The highest BCUT2D eigenvalue weighted by Crippen LogP contribution is 2.39. The number of likely N-dealkylation sites (tertiary alicyclic amines) is 1. The fraction of sp³-hybridized carbons (Fsp3) is 0.409. The van der Waals surface area contributed by atoms with Gasteiger partial charge in [-0.3, -0.25) is 4.79 Å². The largest absolute Gasteiger partial charge is 0.493 e. The normalized spacial score (nSPS) is 17.8. The van der Waals surface area contributed by atoms with Crippen LogP contribution in [0.1, 0.15) is 35.2 Å². The van der Waals surface area contributed by atoms with Gasteiger partial charge in [-0.15, -0.1) is 0 Å². The summed E-state index contributed by atoms with van der Waals surface area (Å²) in [5.41, 5.74) is 1.77. The molecule has 5 nitrogen and oxygen atoms in total. The second-order valence-corrected chi connectivity index (χ2v) is 7.25. The average Bonchev–Trinajstić information content (AvgIpc) is 2.73. The molecule has 2 heterocycles. The van der Waals surface area contributed by atoms with Gasteiger partial charge >= 0.3 is 0 Å². The van der Waals surface area contributed by atoms with Crippen LogP contribution in [-0.2, 0) is 6.42 Å². The van der Waals surface area contributed by atoms with E-state index >= 15 is 0 Å². The zero-order chi connectivity index (χ0) is 18.9. The van der Waals surface area contributed by atoms with Crippen molar-refractivity contribution in [1.82, 2.24) is 4.90 Å². The fourth-order valence-corrected chi connectivity index (χ4v) is 4.08. The molecule has 1 amide bonds. The average molecular weight is 367 g/mol. The summed E-state index contributed by atoms with van der Waals surface area (Å²) in [5, 5.41) is 0. The lowest BCUT2D eigenvalue weighted by atomic mass is 9.83. The van der Waals surface area contributed by atoms with Crippen molar-refractivity contribution in [3.63, 3.8) is 0 Å². The Kier molecular flexibility index (Phi) is 4.68.